The third kappa shape index (κ3) is 3.80. The molecule has 1 amide bonds. The summed E-state index contributed by atoms with van der Waals surface area (Å²) in [6.07, 6.45) is 0.788. The van der Waals surface area contributed by atoms with Gasteiger partial charge in [0.15, 0.2) is 0 Å². The number of aryl methyl sites for hydroxylation is 1. The van der Waals surface area contributed by atoms with E-state index >= 15 is 0 Å². The Kier molecular flexibility index (Phi) is 5.07. The normalized spacial score (nSPS) is 14.5. The van der Waals surface area contributed by atoms with Crippen molar-refractivity contribution >= 4 is 28.3 Å². The number of para-hydroxylation sites is 2. The summed E-state index contributed by atoms with van der Waals surface area (Å²) < 4.78 is 7.38. The van der Waals surface area contributed by atoms with Gasteiger partial charge in [-0.25, -0.2) is 4.98 Å². The Hall–Kier alpha value is -2.86. The molecule has 0 saturated carbocycles. The summed E-state index contributed by atoms with van der Waals surface area (Å²) in [5.41, 5.74) is 3.88. The highest BCUT2D eigenvalue weighted by molar-refractivity contribution is 5.92. The highest BCUT2D eigenvalue weighted by Crippen LogP contribution is 2.20. The van der Waals surface area contributed by atoms with E-state index in [9.17, 15) is 4.79 Å². The molecule has 6 nitrogen and oxygen atoms in total. The molecule has 2 heterocycles. The molecule has 0 unspecified atom stereocenters. The van der Waals surface area contributed by atoms with Gasteiger partial charge in [0.1, 0.15) is 12.4 Å². The number of fused-ring (bicyclic) bond motifs is 1. The SMILES string of the molecule is CCc1nc2ccccc2n1CC(=O)Nc1ccc(N2CCOCC2)cc1. The van der Waals surface area contributed by atoms with Crippen molar-refractivity contribution in [3.8, 4) is 0 Å². The summed E-state index contributed by atoms with van der Waals surface area (Å²) in [6.45, 7) is 5.64. The fourth-order valence-electron chi connectivity index (χ4n) is 3.49. The zero-order chi connectivity index (χ0) is 18.6. The van der Waals surface area contributed by atoms with Gasteiger partial charge < -0.3 is 19.5 Å². The Balaban J connectivity index is 1.45. The van der Waals surface area contributed by atoms with Crippen LogP contribution >= 0.6 is 0 Å². The predicted octanol–water partition coefficient (Wildman–Crippen LogP) is 3.07. The van der Waals surface area contributed by atoms with E-state index in [2.05, 4.69) is 22.1 Å². The maximum Gasteiger partial charge on any atom is 0.244 e. The zero-order valence-corrected chi connectivity index (χ0v) is 15.5. The van der Waals surface area contributed by atoms with Crippen molar-refractivity contribution in [3.63, 3.8) is 0 Å². The Labute approximate surface area is 158 Å². The molecule has 0 spiro atoms. The van der Waals surface area contributed by atoms with Gasteiger partial charge in [-0.15, -0.1) is 0 Å². The molecule has 0 bridgehead atoms. The number of aromatic nitrogens is 2. The number of ether oxygens (including phenoxy) is 1. The summed E-state index contributed by atoms with van der Waals surface area (Å²) in [5, 5.41) is 3.00. The number of anilines is 2. The Morgan fingerprint density at radius 3 is 2.59 bits per heavy atom. The molecule has 1 saturated heterocycles. The molecule has 0 radical (unpaired) electrons. The average Bonchev–Trinajstić information content (AvgIpc) is 3.07. The van der Waals surface area contributed by atoms with Crippen LogP contribution in [0.3, 0.4) is 0 Å². The van der Waals surface area contributed by atoms with Gasteiger partial charge in [0, 0.05) is 30.9 Å². The summed E-state index contributed by atoms with van der Waals surface area (Å²) in [5.74, 6) is 0.876. The van der Waals surface area contributed by atoms with E-state index in [1.807, 2.05) is 53.1 Å². The van der Waals surface area contributed by atoms with Crippen LogP contribution in [0.25, 0.3) is 11.0 Å². The molecule has 6 heteroatoms. The summed E-state index contributed by atoms with van der Waals surface area (Å²) in [7, 11) is 0. The monoisotopic (exact) mass is 364 g/mol. The maximum atomic E-state index is 12.6. The van der Waals surface area contributed by atoms with Crippen molar-refractivity contribution in [2.24, 2.45) is 0 Å². The zero-order valence-electron chi connectivity index (χ0n) is 15.5. The number of rotatable bonds is 5. The minimum atomic E-state index is -0.0491. The fourth-order valence-corrected chi connectivity index (χ4v) is 3.49. The van der Waals surface area contributed by atoms with Gasteiger partial charge in [-0.05, 0) is 36.4 Å². The van der Waals surface area contributed by atoms with E-state index in [1.165, 1.54) is 0 Å². The molecule has 1 fully saturated rings. The number of benzene rings is 2. The lowest BCUT2D eigenvalue weighted by Gasteiger charge is -2.28. The lowest BCUT2D eigenvalue weighted by Crippen LogP contribution is -2.36. The second-order valence-electron chi connectivity index (χ2n) is 6.65. The van der Waals surface area contributed by atoms with Crippen LogP contribution in [-0.2, 0) is 22.5 Å². The van der Waals surface area contributed by atoms with Crippen LogP contribution in [0.5, 0.6) is 0 Å². The van der Waals surface area contributed by atoms with Crippen LogP contribution in [0, 0.1) is 0 Å². The highest BCUT2D eigenvalue weighted by atomic mass is 16.5. The second kappa shape index (κ2) is 7.80. The summed E-state index contributed by atoms with van der Waals surface area (Å²) >= 11 is 0. The van der Waals surface area contributed by atoms with Crippen molar-refractivity contribution in [2.45, 2.75) is 19.9 Å². The lowest BCUT2D eigenvalue weighted by molar-refractivity contribution is -0.116. The van der Waals surface area contributed by atoms with Gasteiger partial charge in [0.25, 0.3) is 0 Å². The van der Waals surface area contributed by atoms with Crippen LogP contribution < -0.4 is 10.2 Å². The van der Waals surface area contributed by atoms with Crippen LogP contribution in [0.4, 0.5) is 11.4 Å². The quantitative estimate of drug-likeness (QED) is 0.756. The summed E-state index contributed by atoms with van der Waals surface area (Å²) in [6, 6.07) is 15.9. The van der Waals surface area contributed by atoms with Gasteiger partial charge in [-0.2, -0.15) is 0 Å². The van der Waals surface area contributed by atoms with Crippen LogP contribution in [0.1, 0.15) is 12.7 Å². The topological polar surface area (TPSA) is 59.4 Å². The molecular weight excluding hydrogens is 340 g/mol. The smallest absolute Gasteiger partial charge is 0.244 e. The molecular formula is C21H24N4O2. The van der Waals surface area contributed by atoms with E-state index < -0.39 is 0 Å². The molecule has 0 atom stereocenters. The van der Waals surface area contributed by atoms with Crippen molar-refractivity contribution in [2.75, 3.05) is 36.5 Å². The third-order valence-corrected chi connectivity index (χ3v) is 4.88. The number of morpholine rings is 1. The van der Waals surface area contributed by atoms with E-state index in [1.54, 1.807) is 0 Å². The first-order valence-corrected chi connectivity index (χ1v) is 9.41. The number of carbonyl (C=O) groups is 1. The number of amides is 1. The van der Waals surface area contributed by atoms with Crippen LogP contribution in [-0.4, -0.2) is 41.8 Å². The van der Waals surface area contributed by atoms with E-state index in [0.717, 1.165) is 61.0 Å². The van der Waals surface area contributed by atoms with E-state index in [4.69, 9.17) is 4.74 Å². The Bertz CT molecular complexity index is 927. The van der Waals surface area contributed by atoms with Gasteiger partial charge in [0.05, 0.1) is 24.2 Å². The molecule has 27 heavy (non-hydrogen) atoms. The lowest BCUT2D eigenvalue weighted by atomic mass is 10.2. The molecule has 140 valence electrons. The minimum Gasteiger partial charge on any atom is -0.378 e. The first-order chi connectivity index (χ1) is 13.2. The van der Waals surface area contributed by atoms with Gasteiger partial charge in [-0.1, -0.05) is 19.1 Å². The number of imidazole rings is 1. The molecule has 0 aliphatic carbocycles. The van der Waals surface area contributed by atoms with Crippen molar-refractivity contribution < 1.29 is 9.53 Å². The molecule has 1 N–H and O–H groups in total. The number of nitrogens with one attached hydrogen (secondary N) is 1. The first-order valence-electron chi connectivity index (χ1n) is 9.41. The number of hydrogen-bond donors (Lipinski definition) is 1. The van der Waals surface area contributed by atoms with Crippen LogP contribution in [0.15, 0.2) is 48.5 Å². The molecule has 1 aliphatic rings. The highest BCUT2D eigenvalue weighted by Gasteiger charge is 2.14. The maximum absolute atomic E-state index is 12.6. The molecule has 3 aromatic rings. The third-order valence-electron chi connectivity index (χ3n) is 4.88. The summed E-state index contributed by atoms with van der Waals surface area (Å²) in [4.78, 5) is 19.5. The second-order valence-corrected chi connectivity index (χ2v) is 6.65. The van der Waals surface area contributed by atoms with E-state index in [0.29, 0.717) is 0 Å². The number of nitrogens with zero attached hydrogens (tertiary/aromatic N) is 3. The van der Waals surface area contributed by atoms with Gasteiger partial charge in [-0.3, -0.25) is 4.79 Å². The Morgan fingerprint density at radius 2 is 1.85 bits per heavy atom. The average molecular weight is 364 g/mol. The van der Waals surface area contributed by atoms with Crippen molar-refractivity contribution in [1.29, 1.82) is 0 Å². The predicted molar refractivity (Wildman–Crippen MR) is 107 cm³/mol. The molecule has 4 rings (SSSR count). The Morgan fingerprint density at radius 1 is 1.11 bits per heavy atom. The molecule has 2 aromatic carbocycles. The molecule has 1 aromatic heterocycles. The largest absolute Gasteiger partial charge is 0.378 e. The minimum absolute atomic E-state index is 0.0491. The van der Waals surface area contributed by atoms with Gasteiger partial charge in [0.2, 0.25) is 5.91 Å². The van der Waals surface area contributed by atoms with Crippen LogP contribution in [0.2, 0.25) is 0 Å². The fraction of sp³-hybridized carbons (Fsp3) is 0.333. The number of carbonyl (C=O) groups excluding carboxylic acids is 1. The number of hydrogen-bond acceptors (Lipinski definition) is 4. The van der Waals surface area contributed by atoms with E-state index in [-0.39, 0.29) is 12.5 Å². The van der Waals surface area contributed by atoms with Crippen molar-refractivity contribution in [1.82, 2.24) is 9.55 Å². The van der Waals surface area contributed by atoms with Crippen molar-refractivity contribution in [3.05, 3.63) is 54.4 Å². The standard InChI is InChI=1S/C21H24N4O2/c1-2-20-23-18-5-3-4-6-19(18)25(20)15-21(26)22-16-7-9-17(10-8-16)24-11-13-27-14-12-24/h3-10H,2,11-15H2,1H3,(H,22,26). The van der Waals surface area contributed by atoms with Gasteiger partial charge >= 0.3 is 0 Å². The first kappa shape index (κ1) is 17.5. The molecule has 1 aliphatic heterocycles.